The highest BCUT2D eigenvalue weighted by atomic mass is 19.1. The van der Waals surface area contributed by atoms with Crippen molar-refractivity contribution >= 4 is 16.8 Å². The van der Waals surface area contributed by atoms with E-state index in [4.69, 9.17) is 4.74 Å². The van der Waals surface area contributed by atoms with Gasteiger partial charge in [0.2, 0.25) is 0 Å². The highest BCUT2D eigenvalue weighted by Gasteiger charge is 2.12. The Kier molecular flexibility index (Phi) is 4.93. The van der Waals surface area contributed by atoms with Gasteiger partial charge in [-0.1, -0.05) is 18.2 Å². The Morgan fingerprint density at radius 2 is 2.00 bits per heavy atom. The summed E-state index contributed by atoms with van der Waals surface area (Å²) < 4.78 is 18.7. The number of hydrogen-bond donors (Lipinski definition) is 1. The molecule has 2 aromatic carbocycles. The van der Waals surface area contributed by atoms with Crippen LogP contribution in [0.4, 0.5) is 4.39 Å². The van der Waals surface area contributed by atoms with Crippen molar-refractivity contribution in [3.8, 4) is 5.75 Å². The van der Waals surface area contributed by atoms with Gasteiger partial charge in [0.15, 0.2) is 0 Å². The topological polar surface area (TPSA) is 51.2 Å². The molecule has 5 heteroatoms. The number of rotatable bonds is 5. The molecule has 0 unspecified atom stereocenters. The number of carbonyl (C=O) groups is 1. The number of benzene rings is 2. The van der Waals surface area contributed by atoms with Gasteiger partial charge in [-0.25, -0.2) is 4.39 Å². The first-order chi connectivity index (χ1) is 12.1. The van der Waals surface area contributed by atoms with Gasteiger partial charge in [-0.15, -0.1) is 0 Å². The summed E-state index contributed by atoms with van der Waals surface area (Å²) in [5.41, 5.74) is 2.69. The second kappa shape index (κ2) is 7.30. The molecule has 128 valence electrons. The Balaban J connectivity index is 1.76. The number of fused-ring (bicyclic) bond motifs is 1. The Labute approximate surface area is 145 Å². The van der Waals surface area contributed by atoms with Crippen molar-refractivity contribution in [2.75, 3.05) is 13.7 Å². The van der Waals surface area contributed by atoms with E-state index in [2.05, 4.69) is 10.3 Å². The summed E-state index contributed by atoms with van der Waals surface area (Å²) in [6, 6.07) is 13.7. The van der Waals surface area contributed by atoms with Crippen molar-refractivity contribution in [2.45, 2.75) is 13.3 Å². The van der Waals surface area contributed by atoms with Crippen LogP contribution in [0.5, 0.6) is 5.75 Å². The summed E-state index contributed by atoms with van der Waals surface area (Å²) in [5, 5.41) is 3.56. The quantitative estimate of drug-likeness (QED) is 0.772. The third kappa shape index (κ3) is 3.76. The number of methoxy groups -OCH3 is 1. The van der Waals surface area contributed by atoms with Crippen LogP contribution in [-0.2, 0) is 6.42 Å². The van der Waals surface area contributed by atoms with E-state index in [1.165, 1.54) is 12.1 Å². The van der Waals surface area contributed by atoms with E-state index < -0.39 is 0 Å². The summed E-state index contributed by atoms with van der Waals surface area (Å²) in [6.45, 7) is 2.26. The molecule has 0 atom stereocenters. The zero-order chi connectivity index (χ0) is 17.8. The summed E-state index contributed by atoms with van der Waals surface area (Å²) in [7, 11) is 1.63. The van der Waals surface area contributed by atoms with Crippen molar-refractivity contribution in [3.63, 3.8) is 0 Å². The third-order valence-corrected chi connectivity index (χ3v) is 4.02. The van der Waals surface area contributed by atoms with Gasteiger partial charge in [0.1, 0.15) is 11.6 Å². The van der Waals surface area contributed by atoms with Gasteiger partial charge >= 0.3 is 0 Å². The van der Waals surface area contributed by atoms with Gasteiger partial charge in [0, 0.05) is 23.7 Å². The maximum Gasteiger partial charge on any atom is 0.252 e. The SMILES string of the molecule is COc1ccccc1CCNC(=O)c1cc(C)nc2cc(F)ccc12. The van der Waals surface area contributed by atoms with E-state index in [0.717, 1.165) is 11.3 Å². The molecular weight excluding hydrogens is 319 g/mol. The largest absolute Gasteiger partial charge is 0.496 e. The van der Waals surface area contributed by atoms with Crippen LogP contribution in [0.3, 0.4) is 0 Å². The summed E-state index contributed by atoms with van der Waals surface area (Å²) in [5.74, 6) is 0.238. The molecule has 0 aliphatic heterocycles. The number of nitrogens with one attached hydrogen (secondary N) is 1. The first kappa shape index (κ1) is 16.9. The predicted molar refractivity (Wildman–Crippen MR) is 95.5 cm³/mol. The third-order valence-electron chi connectivity index (χ3n) is 4.02. The molecule has 0 fully saturated rings. The Morgan fingerprint density at radius 3 is 2.80 bits per heavy atom. The lowest BCUT2D eigenvalue weighted by Gasteiger charge is -2.11. The van der Waals surface area contributed by atoms with Gasteiger partial charge < -0.3 is 10.1 Å². The van der Waals surface area contributed by atoms with Crippen LogP contribution in [-0.4, -0.2) is 24.5 Å². The van der Waals surface area contributed by atoms with E-state index in [9.17, 15) is 9.18 Å². The zero-order valence-corrected chi connectivity index (χ0v) is 14.2. The normalized spacial score (nSPS) is 10.7. The average Bonchev–Trinajstić information content (AvgIpc) is 2.60. The fourth-order valence-corrected chi connectivity index (χ4v) is 2.84. The number of pyridine rings is 1. The molecule has 4 nitrogen and oxygen atoms in total. The van der Waals surface area contributed by atoms with Gasteiger partial charge in [0.25, 0.3) is 5.91 Å². The second-order valence-electron chi connectivity index (χ2n) is 5.79. The molecule has 0 saturated carbocycles. The van der Waals surface area contributed by atoms with Crippen molar-refractivity contribution in [3.05, 3.63) is 71.2 Å². The summed E-state index contributed by atoms with van der Waals surface area (Å²) in [6.07, 6.45) is 0.659. The van der Waals surface area contributed by atoms with E-state index in [1.807, 2.05) is 24.3 Å². The van der Waals surface area contributed by atoms with Gasteiger partial charge in [-0.2, -0.15) is 0 Å². The molecule has 1 amide bonds. The Bertz CT molecular complexity index is 919. The number of ether oxygens (including phenoxy) is 1. The van der Waals surface area contributed by atoms with Crippen LogP contribution in [0.1, 0.15) is 21.6 Å². The summed E-state index contributed by atoms with van der Waals surface area (Å²) in [4.78, 5) is 16.9. The number of carbonyl (C=O) groups excluding carboxylic acids is 1. The molecule has 0 radical (unpaired) electrons. The fraction of sp³-hybridized carbons (Fsp3) is 0.200. The van der Waals surface area contributed by atoms with Crippen LogP contribution in [0.25, 0.3) is 10.9 Å². The molecule has 0 bridgehead atoms. The lowest BCUT2D eigenvalue weighted by Crippen LogP contribution is -2.26. The monoisotopic (exact) mass is 338 g/mol. The molecule has 0 aliphatic carbocycles. The molecular formula is C20H19FN2O2. The number of nitrogens with zero attached hydrogens (tertiary/aromatic N) is 1. The van der Waals surface area contributed by atoms with Gasteiger partial charge in [-0.3, -0.25) is 9.78 Å². The molecule has 25 heavy (non-hydrogen) atoms. The number of para-hydroxylation sites is 1. The minimum Gasteiger partial charge on any atom is -0.496 e. The zero-order valence-electron chi connectivity index (χ0n) is 14.2. The highest BCUT2D eigenvalue weighted by molar-refractivity contribution is 6.06. The highest BCUT2D eigenvalue weighted by Crippen LogP contribution is 2.20. The van der Waals surface area contributed by atoms with E-state index in [1.54, 1.807) is 26.2 Å². The minimum absolute atomic E-state index is 0.197. The lowest BCUT2D eigenvalue weighted by atomic mass is 10.1. The van der Waals surface area contributed by atoms with E-state index in [0.29, 0.717) is 35.1 Å². The molecule has 1 aromatic heterocycles. The standard InChI is InChI=1S/C20H19FN2O2/c1-13-11-17(16-8-7-15(21)12-18(16)23-13)20(24)22-10-9-14-5-3-4-6-19(14)25-2/h3-8,11-12H,9-10H2,1-2H3,(H,22,24). The van der Waals surface area contributed by atoms with Crippen LogP contribution in [0.2, 0.25) is 0 Å². The molecule has 0 aliphatic rings. The number of aryl methyl sites for hydroxylation is 1. The Morgan fingerprint density at radius 1 is 1.20 bits per heavy atom. The van der Waals surface area contributed by atoms with Crippen LogP contribution in [0, 0.1) is 12.7 Å². The number of hydrogen-bond acceptors (Lipinski definition) is 3. The van der Waals surface area contributed by atoms with Crippen LogP contribution < -0.4 is 10.1 Å². The molecule has 3 rings (SSSR count). The minimum atomic E-state index is -0.367. The summed E-state index contributed by atoms with van der Waals surface area (Å²) >= 11 is 0. The van der Waals surface area contributed by atoms with Crippen LogP contribution >= 0.6 is 0 Å². The molecule has 0 spiro atoms. The molecule has 0 saturated heterocycles. The van der Waals surface area contributed by atoms with Crippen molar-refractivity contribution < 1.29 is 13.9 Å². The maximum absolute atomic E-state index is 13.4. The van der Waals surface area contributed by atoms with Crippen molar-refractivity contribution in [2.24, 2.45) is 0 Å². The van der Waals surface area contributed by atoms with Crippen molar-refractivity contribution in [1.29, 1.82) is 0 Å². The van der Waals surface area contributed by atoms with E-state index >= 15 is 0 Å². The fourth-order valence-electron chi connectivity index (χ4n) is 2.84. The number of amides is 1. The van der Waals surface area contributed by atoms with Gasteiger partial charge in [0.05, 0.1) is 18.2 Å². The first-order valence-corrected chi connectivity index (χ1v) is 8.05. The molecule has 3 aromatic rings. The lowest BCUT2D eigenvalue weighted by molar-refractivity contribution is 0.0955. The van der Waals surface area contributed by atoms with Crippen LogP contribution in [0.15, 0.2) is 48.5 Å². The van der Waals surface area contributed by atoms with E-state index in [-0.39, 0.29) is 11.7 Å². The molecule has 1 heterocycles. The molecule has 1 N–H and O–H groups in total. The average molecular weight is 338 g/mol. The number of halogens is 1. The predicted octanol–water partition coefficient (Wildman–Crippen LogP) is 3.66. The first-order valence-electron chi connectivity index (χ1n) is 8.05. The number of aromatic nitrogens is 1. The second-order valence-corrected chi connectivity index (χ2v) is 5.79. The van der Waals surface area contributed by atoms with Crippen molar-refractivity contribution in [1.82, 2.24) is 10.3 Å². The smallest absolute Gasteiger partial charge is 0.252 e. The maximum atomic E-state index is 13.4. The Hall–Kier alpha value is -2.95. The van der Waals surface area contributed by atoms with Gasteiger partial charge in [-0.05, 0) is 43.2 Å².